The number of carbonyl (C=O) groups excluding carboxylic acids is 2. The lowest BCUT2D eigenvalue weighted by Crippen LogP contribution is -2.51. The second kappa shape index (κ2) is 6.96. The summed E-state index contributed by atoms with van der Waals surface area (Å²) in [5.41, 5.74) is 4.95. The number of rotatable bonds is 5. The third kappa shape index (κ3) is 4.76. The fraction of sp³-hybridized carbons (Fsp3) is 0.750. The van der Waals surface area contributed by atoms with Crippen LogP contribution in [0.25, 0.3) is 0 Å². The number of hydrogen-bond donors (Lipinski definition) is 3. The second-order valence-corrected chi connectivity index (χ2v) is 4.85. The van der Waals surface area contributed by atoms with Gasteiger partial charge in [0, 0.05) is 13.1 Å². The van der Waals surface area contributed by atoms with Crippen LogP contribution in [-0.4, -0.2) is 47.0 Å². The van der Waals surface area contributed by atoms with Gasteiger partial charge in [0.05, 0.1) is 6.42 Å². The number of carboxylic acid groups (broad SMARTS) is 1. The van der Waals surface area contributed by atoms with Crippen molar-refractivity contribution in [2.24, 2.45) is 11.7 Å². The number of hydrogen-bond acceptors (Lipinski definition) is 3. The molecule has 0 aromatic carbocycles. The highest BCUT2D eigenvalue weighted by Gasteiger charge is 2.27. The molecule has 1 saturated heterocycles. The number of urea groups is 1. The summed E-state index contributed by atoms with van der Waals surface area (Å²) in [6.07, 6.45) is 2.55. The largest absolute Gasteiger partial charge is 0.480 e. The van der Waals surface area contributed by atoms with Gasteiger partial charge in [0.1, 0.15) is 6.04 Å². The van der Waals surface area contributed by atoms with Crippen molar-refractivity contribution in [3.8, 4) is 0 Å². The minimum Gasteiger partial charge on any atom is -0.480 e. The van der Waals surface area contributed by atoms with E-state index in [1.165, 1.54) is 0 Å². The van der Waals surface area contributed by atoms with Crippen LogP contribution in [0.3, 0.4) is 0 Å². The predicted octanol–water partition coefficient (Wildman–Crippen LogP) is 0.147. The Hall–Kier alpha value is -1.79. The molecular formula is C12H21N3O4. The molecule has 4 N–H and O–H groups in total. The average Bonchev–Trinajstić information content (AvgIpc) is 2.37. The van der Waals surface area contributed by atoms with E-state index < -0.39 is 30.4 Å². The number of piperidine rings is 1. The maximum atomic E-state index is 11.9. The van der Waals surface area contributed by atoms with Crippen molar-refractivity contribution >= 4 is 17.9 Å². The second-order valence-electron chi connectivity index (χ2n) is 4.85. The Labute approximate surface area is 112 Å². The highest BCUT2D eigenvalue weighted by Crippen LogP contribution is 2.19. The third-order valence-electron chi connectivity index (χ3n) is 3.48. The van der Waals surface area contributed by atoms with Crippen molar-refractivity contribution in [3.05, 3.63) is 0 Å². The molecule has 1 aliphatic rings. The molecule has 1 fully saturated rings. The van der Waals surface area contributed by atoms with Gasteiger partial charge in [-0.15, -0.1) is 0 Å². The van der Waals surface area contributed by atoms with E-state index in [1.807, 2.05) is 0 Å². The summed E-state index contributed by atoms with van der Waals surface area (Å²) in [4.78, 5) is 35.1. The SMILES string of the molecule is CCC1CCN(C(=O)NC(CC(N)=O)C(=O)O)CC1. The predicted molar refractivity (Wildman–Crippen MR) is 68.4 cm³/mol. The van der Waals surface area contributed by atoms with Gasteiger partial charge in [0.25, 0.3) is 0 Å². The number of nitrogens with two attached hydrogens (primary N) is 1. The van der Waals surface area contributed by atoms with Crippen molar-refractivity contribution in [2.75, 3.05) is 13.1 Å². The summed E-state index contributed by atoms with van der Waals surface area (Å²) in [6.45, 7) is 3.36. The quantitative estimate of drug-likeness (QED) is 0.660. The van der Waals surface area contributed by atoms with E-state index >= 15 is 0 Å². The molecule has 19 heavy (non-hydrogen) atoms. The van der Waals surface area contributed by atoms with Gasteiger partial charge in [-0.3, -0.25) is 4.79 Å². The maximum absolute atomic E-state index is 11.9. The van der Waals surface area contributed by atoms with Crippen LogP contribution >= 0.6 is 0 Å². The summed E-state index contributed by atoms with van der Waals surface area (Å²) in [7, 11) is 0. The molecular weight excluding hydrogens is 250 g/mol. The molecule has 3 amide bonds. The Bertz CT molecular complexity index is 351. The van der Waals surface area contributed by atoms with E-state index in [2.05, 4.69) is 12.2 Å². The van der Waals surface area contributed by atoms with E-state index in [4.69, 9.17) is 10.8 Å². The summed E-state index contributed by atoms with van der Waals surface area (Å²) < 4.78 is 0. The zero-order chi connectivity index (χ0) is 14.4. The van der Waals surface area contributed by atoms with Crippen LogP contribution in [-0.2, 0) is 9.59 Å². The number of likely N-dealkylation sites (tertiary alicyclic amines) is 1. The molecule has 0 aromatic rings. The molecule has 7 heteroatoms. The zero-order valence-electron chi connectivity index (χ0n) is 11.1. The molecule has 1 rings (SSSR count). The van der Waals surface area contributed by atoms with E-state index in [-0.39, 0.29) is 0 Å². The first-order valence-electron chi connectivity index (χ1n) is 6.50. The van der Waals surface area contributed by atoms with Crippen LogP contribution < -0.4 is 11.1 Å². The van der Waals surface area contributed by atoms with E-state index in [0.29, 0.717) is 19.0 Å². The normalized spacial score (nSPS) is 17.8. The van der Waals surface area contributed by atoms with Crippen molar-refractivity contribution in [2.45, 2.75) is 38.6 Å². The van der Waals surface area contributed by atoms with Gasteiger partial charge in [-0.05, 0) is 18.8 Å². The molecule has 0 saturated carbocycles. The van der Waals surface area contributed by atoms with Gasteiger partial charge in [0.15, 0.2) is 0 Å². The number of aliphatic carboxylic acids is 1. The van der Waals surface area contributed by atoms with Gasteiger partial charge in [0.2, 0.25) is 5.91 Å². The van der Waals surface area contributed by atoms with Crippen molar-refractivity contribution in [1.29, 1.82) is 0 Å². The van der Waals surface area contributed by atoms with Gasteiger partial charge in [-0.25, -0.2) is 9.59 Å². The molecule has 0 aliphatic carbocycles. The molecule has 1 aliphatic heterocycles. The highest BCUT2D eigenvalue weighted by atomic mass is 16.4. The smallest absolute Gasteiger partial charge is 0.326 e. The first kappa shape index (κ1) is 15.3. The number of primary amides is 1. The van der Waals surface area contributed by atoms with E-state index in [1.54, 1.807) is 4.90 Å². The molecule has 0 bridgehead atoms. The van der Waals surface area contributed by atoms with E-state index in [9.17, 15) is 14.4 Å². The first-order valence-corrected chi connectivity index (χ1v) is 6.50. The van der Waals surface area contributed by atoms with Gasteiger partial charge in [-0.2, -0.15) is 0 Å². The Morgan fingerprint density at radius 3 is 2.37 bits per heavy atom. The Balaban J connectivity index is 2.48. The third-order valence-corrected chi connectivity index (χ3v) is 3.48. The number of carboxylic acids is 1. The van der Waals surface area contributed by atoms with Crippen LogP contribution in [0.5, 0.6) is 0 Å². The fourth-order valence-corrected chi connectivity index (χ4v) is 2.19. The van der Waals surface area contributed by atoms with E-state index in [0.717, 1.165) is 19.3 Å². The van der Waals surface area contributed by atoms with Crippen LogP contribution in [0.1, 0.15) is 32.6 Å². The lowest BCUT2D eigenvalue weighted by molar-refractivity contribution is -0.141. The molecule has 0 spiro atoms. The van der Waals surface area contributed by atoms with Crippen molar-refractivity contribution in [3.63, 3.8) is 0 Å². The Morgan fingerprint density at radius 1 is 1.37 bits per heavy atom. The molecule has 1 heterocycles. The lowest BCUT2D eigenvalue weighted by Gasteiger charge is -2.32. The average molecular weight is 271 g/mol. The summed E-state index contributed by atoms with van der Waals surface area (Å²) in [6, 6.07) is -1.70. The Kier molecular flexibility index (Phi) is 5.59. The lowest BCUT2D eigenvalue weighted by atomic mass is 9.95. The standard InChI is InChI=1S/C12H21N3O4/c1-2-8-3-5-15(6-4-8)12(19)14-9(11(17)18)7-10(13)16/h8-9H,2-7H2,1H3,(H2,13,16)(H,14,19)(H,17,18). The van der Waals surface area contributed by atoms with Crippen LogP contribution in [0.2, 0.25) is 0 Å². The molecule has 0 radical (unpaired) electrons. The highest BCUT2D eigenvalue weighted by molar-refractivity contribution is 5.87. The van der Waals surface area contributed by atoms with Crippen LogP contribution in [0, 0.1) is 5.92 Å². The molecule has 7 nitrogen and oxygen atoms in total. The minimum absolute atomic E-state index is 0.396. The van der Waals surface area contributed by atoms with Gasteiger partial charge < -0.3 is 21.1 Å². The summed E-state index contributed by atoms with van der Waals surface area (Å²) >= 11 is 0. The monoisotopic (exact) mass is 271 g/mol. The summed E-state index contributed by atoms with van der Waals surface area (Å²) in [5.74, 6) is -1.38. The number of nitrogens with one attached hydrogen (secondary N) is 1. The Morgan fingerprint density at radius 2 is 1.95 bits per heavy atom. The maximum Gasteiger partial charge on any atom is 0.326 e. The molecule has 0 aromatic heterocycles. The minimum atomic E-state index is -1.26. The van der Waals surface area contributed by atoms with Crippen LogP contribution in [0.15, 0.2) is 0 Å². The van der Waals surface area contributed by atoms with Gasteiger partial charge in [-0.1, -0.05) is 13.3 Å². The van der Waals surface area contributed by atoms with Crippen LogP contribution in [0.4, 0.5) is 4.79 Å². The number of carbonyl (C=O) groups is 3. The topological polar surface area (TPSA) is 113 Å². The summed E-state index contributed by atoms with van der Waals surface area (Å²) in [5, 5.41) is 11.2. The molecule has 1 unspecified atom stereocenters. The fourth-order valence-electron chi connectivity index (χ4n) is 2.19. The van der Waals surface area contributed by atoms with Crippen molar-refractivity contribution < 1.29 is 19.5 Å². The molecule has 1 atom stereocenters. The number of amides is 3. The molecule has 108 valence electrons. The van der Waals surface area contributed by atoms with Gasteiger partial charge >= 0.3 is 12.0 Å². The van der Waals surface area contributed by atoms with Crippen molar-refractivity contribution in [1.82, 2.24) is 10.2 Å². The zero-order valence-corrected chi connectivity index (χ0v) is 11.1. The number of nitrogens with zero attached hydrogens (tertiary/aromatic N) is 1. The first-order chi connectivity index (χ1) is 8.93.